The summed E-state index contributed by atoms with van der Waals surface area (Å²) in [6.45, 7) is 0. The molecule has 3 aromatic rings. The lowest BCUT2D eigenvalue weighted by molar-refractivity contribution is -0.112. The van der Waals surface area contributed by atoms with E-state index in [1.165, 1.54) is 19.4 Å². The van der Waals surface area contributed by atoms with Crippen molar-refractivity contribution in [3.05, 3.63) is 86.8 Å². The van der Waals surface area contributed by atoms with Gasteiger partial charge in [0, 0.05) is 27.5 Å². The molecule has 1 N–H and O–H groups in total. The molecule has 0 unspecified atom stereocenters. The van der Waals surface area contributed by atoms with Crippen LogP contribution in [0.1, 0.15) is 15.9 Å². The number of fused-ring (bicyclic) bond motifs is 1. The number of methoxy groups -OCH3 is 1. The monoisotopic (exact) mass is 426 g/mol. The van der Waals surface area contributed by atoms with E-state index >= 15 is 0 Å². The van der Waals surface area contributed by atoms with Crippen LogP contribution >= 0.6 is 15.9 Å². The molecule has 3 rings (SSSR count). The zero-order chi connectivity index (χ0) is 19.4. The molecule has 1 amide bonds. The number of nitrogens with one attached hydrogen (secondary N) is 1. The number of hydrogen-bond acceptors (Lipinski definition) is 4. The van der Waals surface area contributed by atoms with E-state index in [1.807, 2.05) is 24.3 Å². The first kappa shape index (κ1) is 18.6. The van der Waals surface area contributed by atoms with Crippen molar-refractivity contribution < 1.29 is 14.3 Å². The van der Waals surface area contributed by atoms with Crippen LogP contribution in [0.4, 0.5) is 0 Å². The van der Waals surface area contributed by atoms with Gasteiger partial charge < -0.3 is 4.74 Å². The van der Waals surface area contributed by atoms with Gasteiger partial charge in [-0.15, -0.1) is 0 Å². The van der Waals surface area contributed by atoms with Crippen LogP contribution in [0.5, 0.6) is 0 Å². The number of amides is 1. The smallest absolute Gasteiger partial charge is 0.340 e. The minimum absolute atomic E-state index is 0.185. The summed E-state index contributed by atoms with van der Waals surface area (Å²) in [6.07, 6.45) is 4.19. The molecule has 0 fully saturated rings. The fourth-order valence-corrected chi connectivity index (χ4v) is 2.81. The first-order chi connectivity index (χ1) is 13.0. The highest BCUT2D eigenvalue weighted by Crippen LogP contribution is 2.16. The summed E-state index contributed by atoms with van der Waals surface area (Å²) in [5.41, 5.74) is 3.04. The second kappa shape index (κ2) is 8.01. The van der Waals surface area contributed by atoms with E-state index in [0.717, 1.165) is 14.7 Å². The van der Waals surface area contributed by atoms with E-state index in [9.17, 15) is 14.4 Å². The van der Waals surface area contributed by atoms with Gasteiger partial charge in [0.1, 0.15) is 0 Å². The maximum Gasteiger partial charge on any atom is 0.340 e. The van der Waals surface area contributed by atoms with Crippen molar-refractivity contribution in [1.29, 1.82) is 0 Å². The number of carbonyl (C=O) groups is 2. The Labute approximate surface area is 163 Å². The second-order valence-electron chi connectivity index (χ2n) is 5.62. The lowest BCUT2D eigenvalue weighted by atomic mass is 10.1. The summed E-state index contributed by atoms with van der Waals surface area (Å²) < 4.78 is 6.70. The summed E-state index contributed by atoms with van der Waals surface area (Å²) >= 11 is 3.34. The average molecular weight is 427 g/mol. The third-order valence-corrected chi connectivity index (χ3v) is 4.39. The predicted molar refractivity (Wildman–Crippen MR) is 107 cm³/mol. The predicted octanol–water partition coefficient (Wildman–Crippen LogP) is 3.33. The molecule has 136 valence electrons. The van der Waals surface area contributed by atoms with Crippen molar-refractivity contribution in [3.8, 4) is 0 Å². The van der Waals surface area contributed by atoms with Crippen LogP contribution < -0.4 is 11.0 Å². The number of benzene rings is 2. The average Bonchev–Trinajstić information content (AvgIpc) is 2.69. The molecule has 0 radical (unpaired) electrons. The molecule has 0 aliphatic carbocycles. The molecule has 1 heterocycles. The van der Waals surface area contributed by atoms with Gasteiger partial charge in [-0.2, -0.15) is 0 Å². The number of nitrogens with zero attached hydrogens (tertiary/aromatic N) is 1. The van der Waals surface area contributed by atoms with E-state index in [0.29, 0.717) is 10.8 Å². The standard InChI is InChI=1S/C20H15BrN2O4/c1-27-20(26)17-12-23(19(25)16-5-3-2-4-15(16)17)22-18(24)11-8-13-6-9-14(21)10-7-13/h2-12H,1H3,(H,22,24). The fourth-order valence-electron chi connectivity index (χ4n) is 2.55. The van der Waals surface area contributed by atoms with Gasteiger partial charge in [-0.1, -0.05) is 46.3 Å². The molecule has 0 aliphatic heterocycles. The van der Waals surface area contributed by atoms with Crippen molar-refractivity contribution in [2.75, 3.05) is 12.5 Å². The molecule has 1 aromatic heterocycles. The Bertz CT molecular complexity index is 1100. The normalized spacial score (nSPS) is 10.9. The van der Waals surface area contributed by atoms with Gasteiger partial charge in [0.05, 0.1) is 12.7 Å². The molecule has 0 saturated heterocycles. The number of esters is 1. The quantitative estimate of drug-likeness (QED) is 0.512. The zero-order valence-electron chi connectivity index (χ0n) is 14.3. The topological polar surface area (TPSA) is 77.4 Å². The summed E-state index contributed by atoms with van der Waals surface area (Å²) in [5.74, 6) is -1.11. The third-order valence-electron chi connectivity index (χ3n) is 3.86. The number of aromatic nitrogens is 1. The van der Waals surface area contributed by atoms with Gasteiger partial charge in [-0.25, -0.2) is 9.47 Å². The highest BCUT2D eigenvalue weighted by Gasteiger charge is 2.15. The van der Waals surface area contributed by atoms with Crippen molar-refractivity contribution in [1.82, 2.24) is 4.68 Å². The Morgan fingerprint density at radius 1 is 1.07 bits per heavy atom. The lowest BCUT2D eigenvalue weighted by Gasteiger charge is -2.11. The maximum absolute atomic E-state index is 12.6. The number of rotatable bonds is 4. The fraction of sp³-hybridized carbons (Fsp3) is 0.0500. The number of halogens is 1. The SMILES string of the molecule is COC(=O)c1cn(NC(=O)C=Cc2ccc(Br)cc2)c(=O)c2ccccc12. The van der Waals surface area contributed by atoms with Crippen molar-refractivity contribution >= 4 is 44.7 Å². The van der Waals surface area contributed by atoms with Crippen LogP contribution in [-0.4, -0.2) is 23.7 Å². The molecular formula is C20H15BrN2O4. The summed E-state index contributed by atoms with van der Waals surface area (Å²) in [6, 6.07) is 14.0. The molecule has 2 aromatic carbocycles. The highest BCUT2D eigenvalue weighted by molar-refractivity contribution is 9.10. The molecule has 0 aliphatic rings. The minimum Gasteiger partial charge on any atom is -0.465 e. The minimum atomic E-state index is -0.598. The van der Waals surface area contributed by atoms with Crippen LogP contribution in [0.15, 0.2) is 70.1 Å². The van der Waals surface area contributed by atoms with Crippen molar-refractivity contribution in [2.24, 2.45) is 0 Å². The van der Waals surface area contributed by atoms with Gasteiger partial charge in [-0.05, 0) is 29.8 Å². The number of ether oxygens (including phenoxy) is 1. The van der Waals surface area contributed by atoms with Crippen LogP contribution in [0.3, 0.4) is 0 Å². The van der Waals surface area contributed by atoms with Gasteiger partial charge in [0.2, 0.25) is 0 Å². The van der Waals surface area contributed by atoms with Crippen molar-refractivity contribution in [3.63, 3.8) is 0 Å². The number of hydrogen-bond donors (Lipinski definition) is 1. The van der Waals surface area contributed by atoms with Gasteiger partial charge in [0.15, 0.2) is 0 Å². The highest BCUT2D eigenvalue weighted by atomic mass is 79.9. The third kappa shape index (κ3) is 4.15. The van der Waals surface area contributed by atoms with Crippen molar-refractivity contribution in [2.45, 2.75) is 0 Å². The van der Waals surface area contributed by atoms with E-state index in [4.69, 9.17) is 4.74 Å². The molecule has 0 spiro atoms. The summed E-state index contributed by atoms with van der Waals surface area (Å²) in [4.78, 5) is 36.9. The molecule has 0 saturated carbocycles. The lowest BCUT2D eigenvalue weighted by Crippen LogP contribution is -2.33. The molecule has 6 nitrogen and oxygen atoms in total. The molecular weight excluding hydrogens is 412 g/mol. The van der Waals surface area contributed by atoms with Gasteiger partial charge >= 0.3 is 5.97 Å². The van der Waals surface area contributed by atoms with E-state index in [1.54, 1.807) is 30.3 Å². The molecule has 0 atom stereocenters. The molecule has 0 bridgehead atoms. The van der Waals surface area contributed by atoms with E-state index in [2.05, 4.69) is 21.4 Å². The molecule has 27 heavy (non-hydrogen) atoms. The van der Waals surface area contributed by atoms with Crippen LogP contribution in [0.2, 0.25) is 0 Å². The Hall–Kier alpha value is -3.19. The molecule has 7 heteroatoms. The second-order valence-corrected chi connectivity index (χ2v) is 6.53. The van der Waals surface area contributed by atoms with Crippen LogP contribution in [-0.2, 0) is 9.53 Å². The van der Waals surface area contributed by atoms with E-state index < -0.39 is 17.4 Å². The maximum atomic E-state index is 12.6. The first-order valence-corrected chi connectivity index (χ1v) is 8.76. The van der Waals surface area contributed by atoms with Crippen LogP contribution in [0.25, 0.3) is 16.8 Å². The Kier molecular flexibility index (Phi) is 5.52. The van der Waals surface area contributed by atoms with Gasteiger partial charge in [-0.3, -0.25) is 15.0 Å². The Morgan fingerprint density at radius 3 is 2.41 bits per heavy atom. The Balaban J connectivity index is 1.93. The Morgan fingerprint density at radius 2 is 1.74 bits per heavy atom. The first-order valence-electron chi connectivity index (χ1n) is 7.97. The number of carbonyl (C=O) groups excluding carboxylic acids is 2. The summed E-state index contributed by atoms with van der Waals surface area (Å²) in [5, 5.41) is 0.767. The van der Waals surface area contributed by atoms with E-state index in [-0.39, 0.29) is 5.56 Å². The van der Waals surface area contributed by atoms with Crippen LogP contribution in [0, 0.1) is 0 Å². The zero-order valence-corrected chi connectivity index (χ0v) is 15.9. The summed E-state index contributed by atoms with van der Waals surface area (Å²) in [7, 11) is 1.26. The van der Waals surface area contributed by atoms with Gasteiger partial charge in [0.25, 0.3) is 11.5 Å². The largest absolute Gasteiger partial charge is 0.465 e. The number of pyridine rings is 1.